The highest BCUT2D eigenvalue weighted by Gasteiger charge is 2.22. The van der Waals surface area contributed by atoms with Crippen LogP contribution >= 0.6 is 11.8 Å². The summed E-state index contributed by atoms with van der Waals surface area (Å²) in [5, 5.41) is 22.3. The summed E-state index contributed by atoms with van der Waals surface area (Å²) >= 11 is 1.24. The fourth-order valence-electron chi connectivity index (χ4n) is 3.11. The van der Waals surface area contributed by atoms with Crippen molar-refractivity contribution in [2.75, 3.05) is 12.4 Å². The van der Waals surface area contributed by atoms with Crippen molar-refractivity contribution < 1.29 is 14.5 Å². The van der Waals surface area contributed by atoms with E-state index in [-0.39, 0.29) is 11.6 Å². The quantitative estimate of drug-likeness (QED) is 0.226. The van der Waals surface area contributed by atoms with Gasteiger partial charge in [-0.3, -0.25) is 24.5 Å². The summed E-state index contributed by atoms with van der Waals surface area (Å²) in [7, 11) is 1.60. The van der Waals surface area contributed by atoms with Crippen molar-refractivity contribution in [1.82, 2.24) is 19.7 Å². The lowest BCUT2D eigenvalue weighted by molar-refractivity contribution is -0.384. The maximum atomic E-state index is 12.8. The van der Waals surface area contributed by atoms with Gasteiger partial charge in [-0.2, -0.15) is 0 Å². The lowest BCUT2D eigenvalue weighted by atomic mass is 10.2. The molecule has 1 unspecified atom stereocenters. The Kier molecular flexibility index (Phi) is 6.83. The number of anilines is 1. The molecule has 1 amide bonds. The molecule has 0 aliphatic heterocycles. The van der Waals surface area contributed by atoms with Crippen LogP contribution in [0.4, 0.5) is 11.4 Å². The average molecular weight is 477 g/mol. The van der Waals surface area contributed by atoms with Gasteiger partial charge in [0.25, 0.3) is 5.69 Å². The van der Waals surface area contributed by atoms with Gasteiger partial charge in [0, 0.05) is 41.5 Å². The number of nitrogens with one attached hydrogen (secondary N) is 1. The minimum absolute atomic E-state index is 0.0454. The van der Waals surface area contributed by atoms with Gasteiger partial charge in [0.2, 0.25) is 5.91 Å². The van der Waals surface area contributed by atoms with Crippen LogP contribution in [0.15, 0.2) is 78.2 Å². The molecular weight excluding hydrogens is 456 g/mol. The van der Waals surface area contributed by atoms with Gasteiger partial charge < -0.3 is 10.1 Å². The highest BCUT2D eigenvalue weighted by Crippen LogP contribution is 2.31. The summed E-state index contributed by atoms with van der Waals surface area (Å²) in [4.78, 5) is 27.3. The van der Waals surface area contributed by atoms with Crippen molar-refractivity contribution in [2.45, 2.75) is 17.3 Å². The minimum Gasteiger partial charge on any atom is -0.497 e. The highest BCUT2D eigenvalue weighted by atomic mass is 32.2. The first-order valence-electron chi connectivity index (χ1n) is 10.2. The molecule has 34 heavy (non-hydrogen) atoms. The Labute approximate surface area is 199 Å². The van der Waals surface area contributed by atoms with E-state index in [4.69, 9.17) is 4.74 Å². The predicted molar refractivity (Wildman–Crippen MR) is 128 cm³/mol. The third-order valence-electron chi connectivity index (χ3n) is 4.88. The summed E-state index contributed by atoms with van der Waals surface area (Å²) in [6, 6.07) is 16.8. The number of rotatable bonds is 8. The highest BCUT2D eigenvalue weighted by molar-refractivity contribution is 8.00. The van der Waals surface area contributed by atoms with E-state index in [2.05, 4.69) is 20.5 Å². The van der Waals surface area contributed by atoms with E-state index in [1.807, 2.05) is 41.0 Å². The molecule has 0 fully saturated rings. The molecule has 2 aromatic carbocycles. The van der Waals surface area contributed by atoms with E-state index in [9.17, 15) is 14.9 Å². The second-order valence-electron chi connectivity index (χ2n) is 7.13. The topological polar surface area (TPSA) is 125 Å². The van der Waals surface area contributed by atoms with Gasteiger partial charge in [-0.1, -0.05) is 11.8 Å². The molecule has 0 saturated heterocycles. The number of carbonyl (C=O) groups excluding carboxylic acids is 1. The normalized spacial score (nSPS) is 11.6. The largest absolute Gasteiger partial charge is 0.497 e. The number of amides is 1. The molecule has 11 heteroatoms. The van der Waals surface area contributed by atoms with Crippen molar-refractivity contribution in [3.8, 4) is 22.8 Å². The molecule has 1 atom stereocenters. The van der Waals surface area contributed by atoms with Crippen molar-refractivity contribution in [1.29, 1.82) is 0 Å². The number of pyridine rings is 1. The van der Waals surface area contributed by atoms with Crippen LogP contribution in [0.3, 0.4) is 0 Å². The Morgan fingerprint density at radius 1 is 1.12 bits per heavy atom. The maximum absolute atomic E-state index is 12.8. The summed E-state index contributed by atoms with van der Waals surface area (Å²) < 4.78 is 7.12. The van der Waals surface area contributed by atoms with E-state index in [0.717, 1.165) is 11.3 Å². The number of aromatic nitrogens is 4. The number of nitro groups is 1. The van der Waals surface area contributed by atoms with Crippen LogP contribution in [-0.4, -0.2) is 42.9 Å². The first-order chi connectivity index (χ1) is 16.5. The zero-order chi connectivity index (χ0) is 24.1. The van der Waals surface area contributed by atoms with E-state index in [1.165, 1.54) is 36.0 Å². The molecule has 172 valence electrons. The van der Waals surface area contributed by atoms with E-state index in [1.54, 1.807) is 26.4 Å². The number of nitrogens with zero attached hydrogens (tertiary/aromatic N) is 5. The molecule has 0 aliphatic carbocycles. The number of thioether (sulfide) groups is 1. The van der Waals surface area contributed by atoms with Gasteiger partial charge in [0.15, 0.2) is 11.0 Å². The second-order valence-corrected chi connectivity index (χ2v) is 8.44. The molecule has 4 aromatic rings. The molecule has 0 radical (unpaired) electrons. The number of carbonyl (C=O) groups is 1. The van der Waals surface area contributed by atoms with Crippen LogP contribution in [0.1, 0.15) is 6.92 Å². The zero-order valence-corrected chi connectivity index (χ0v) is 19.1. The summed E-state index contributed by atoms with van der Waals surface area (Å²) in [6.45, 7) is 1.75. The van der Waals surface area contributed by atoms with Gasteiger partial charge in [-0.25, -0.2) is 0 Å². The van der Waals surface area contributed by atoms with E-state index >= 15 is 0 Å². The summed E-state index contributed by atoms with van der Waals surface area (Å²) in [5.41, 5.74) is 2.00. The van der Waals surface area contributed by atoms with Crippen molar-refractivity contribution in [2.24, 2.45) is 0 Å². The average Bonchev–Trinajstić information content (AvgIpc) is 3.28. The lowest BCUT2D eigenvalue weighted by Gasteiger charge is -2.14. The lowest BCUT2D eigenvalue weighted by Crippen LogP contribution is -2.22. The number of hydrogen-bond donors (Lipinski definition) is 1. The number of methoxy groups -OCH3 is 1. The third-order valence-corrected chi connectivity index (χ3v) is 5.92. The van der Waals surface area contributed by atoms with Crippen molar-refractivity contribution in [3.05, 3.63) is 83.2 Å². The summed E-state index contributed by atoms with van der Waals surface area (Å²) in [6.07, 6.45) is 3.38. The molecule has 10 nitrogen and oxygen atoms in total. The molecule has 2 aromatic heterocycles. The van der Waals surface area contributed by atoms with Gasteiger partial charge in [0.1, 0.15) is 5.75 Å². The van der Waals surface area contributed by atoms with Crippen LogP contribution in [0, 0.1) is 10.1 Å². The second kappa shape index (κ2) is 10.1. The zero-order valence-electron chi connectivity index (χ0n) is 18.3. The standard InChI is InChI=1S/C23H20N6O4S/c1-15(22(30)25-17-5-7-19(8-6-17)29(31)32)34-23-27-26-21(16-4-3-13-24-14-16)28(23)18-9-11-20(33-2)12-10-18/h3-15H,1-2H3,(H,25,30). The Morgan fingerprint density at radius 2 is 1.85 bits per heavy atom. The SMILES string of the molecule is COc1ccc(-n2c(SC(C)C(=O)Nc3ccc([N+](=O)[O-])cc3)nnc2-c2cccnc2)cc1. The van der Waals surface area contributed by atoms with E-state index in [0.29, 0.717) is 22.4 Å². The molecule has 2 heterocycles. The van der Waals surface area contributed by atoms with Crippen molar-refractivity contribution in [3.63, 3.8) is 0 Å². The summed E-state index contributed by atoms with van der Waals surface area (Å²) in [5.74, 6) is 1.03. The third kappa shape index (κ3) is 5.04. The number of nitro benzene ring substituents is 1. The number of non-ortho nitro benzene ring substituents is 1. The molecule has 1 N–H and O–H groups in total. The molecule has 0 bridgehead atoms. The van der Waals surface area contributed by atoms with Crippen molar-refractivity contribution >= 4 is 29.0 Å². The Morgan fingerprint density at radius 3 is 2.47 bits per heavy atom. The monoisotopic (exact) mass is 476 g/mol. The molecule has 0 aliphatic rings. The first kappa shape index (κ1) is 22.9. The Hall–Kier alpha value is -4.25. The van der Waals surface area contributed by atoms with Crippen LogP contribution in [0.25, 0.3) is 17.1 Å². The Balaban J connectivity index is 1.59. The number of hydrogen-bond acceptors (Lipinski definition) is 8. The Bertz CT molecular complexity index is 1290. The predicted octanol–water partition coefficient (Wildman–Crippen LogP) is 4.37. The molecule has 4 rings (SSSR count). The van der Waals surface area contributed by atoms with Gasteiger partial charge >= 0.3 is 0 Å². The van der Waals surface area contributed by atoms with Gasteiger partial charge in [-0.15, -0.1) is 10.2 Å². The molecule has 0 spiro atoms. The van der Waals surface area contributed by atoms with Crippen LogP contribution in [0.2, 0.25) is 0 Å². The number of benzene rings is 2. The first-order valence-corrected chi connectivity index (χ1v) is 11.1. The smallest absolute Gasteiger partial charge is 0.269 e. The minimum atomic E-state index is -0.530. The molecular formula is C23H20N6O4S. The fourth-order valence-corrected chi connectivity index (χ4v) is 3.98. The number of ether oxygens (including phenoxy) is 1. The maximum Gasteiger partial charge on any atom is 0.269 e. The van der Waals surface area contributed by atoms with Gasteiger partial charge in [-0.05, 0) is 55.5 Å². The van der Waals surface area contributed by atoms with Crippen LogP contribution in [-0.2, 0) is 4.79 Å². The fraction of sp³-hybridized carbons (Fsp3) is 0.130. The van der Waals surface area contributed by atoms with Gasteiger partial charge in [0.05, 0.1) is 17.3 Å². The van der Waals surface area contributed by atoms with E-state index < -0.39 is 10.2 Å². The van der Waals surface area contributed by atoms with Crippen LogP contribution < -0.4 is 10.1 Å². The van der Waals surface area contributed by atoms with Crippen LogP contribution in [0.5, 0.6) is 5.75 Å². The molecule has 0 saturated carbocycles.